The maximum atomic E-state index is 6.66. The zero-order valence-corrected chi connectivity index (χ0v) is 34.0. The van der Waals surface area contributed by atoms with E-state index in [1.54, 1.807) is 0 Å². The lowest BCUT2D eigenvalue weighted by atomic mass is 10.0. The van der Waals surface area contributed by atoms with Crippen LogP contribution in [0.4, 0.5) is 17.1 Å². The zero-order valence-electron chi connectivity index (χ0n) is 34.0. The normalized spacial score (nSPS) is 11.9. The van der Waals surface area contributed by atoms with E-state index in [1.165, 1.54) is 16.5 Å². The molecule has 0 radical (unpaired) electrons. The third kappa shape index (κ3) is 6.49. The Morgan fingerprint density at radius 3 is 1.56 bits per heavy atom. The second-order valence-corrected chi connectivity index (χ2v) is 15.7. The summed E-state index contributed by atoms with van der Waals surface area (Å²) in [4.78, 5) is 17.3. The fourth-order valence-electron chi connectivity index (χ4n) is 8.80. The first-order valence-electron chi connectivity index (χ1n) is 21.1. The van der Waals surface area contributed by atoms with Gasteiger partial charge in [0.1, 0.15) is 0 Å². The molecule has 0 spiro atoms. The van der Waals surface area contributed by atoms with E-state index in [2.05, 4.69) is 155 Å². The molecule has 0 bridgehead atoms. The van der Waals surface area contributed by atoms with E-state index in [1.807, 2.05) is 78.9 Å². The third-order valence-corrected chi connectivity index (χ3v) is 11.8. The van der Waals surface area contributed by atoms with Crippen molar-refractivity contribution < 1.29 is 4.74 Å². The molecule has 0 atom stereocenters. The molecule has 6 nitrogen and oxygen atoms in total. The quantitative estimate of drug-likeness (QED) is 0.161. The minimum absolute atomic E-state index is 0.618. The van der Waals surface area contributed by atoms with Gasteiger partial charge in [-0.3, -0.25) is 0 Å². The van der Waals surface area contributed by atoms with E-state index >= 15 is 0 Å². The number of aromatic nitrogens is 4. The maximum absolute atomic E-state index is 6.66. The topological polar surface area (TPSA) is 56.1 Å². The average molecular weight is 808 g/mol. The van der Waals surface area contributed by atoms with Crippen molar-refractivity contribution in [1.82, 2.24) is 19.5 Å². The number of benzene rings is 9. The molecule has 0 saturated carbocycles. The monoisotopic (exact) mass is 807 g/mol. The van der Waals surface area contributed by atoms with Gasteiger partial charge >= 0.3 is 0 Å². The fourth-order valence-corrected chi connectivity index (χ4v) is 8.80. The summed E-state index contributed by atoms with van der Waals surface area (Å²) in [7, 11) is 0. The Morgan fingerprint density at radius 1 is 0.302 bits per heavy atom. The Bertz CT molecular complexity index is 3420. The molecule has 0 N–H and O–H groups in total. The van der Waals surface area contributed by atoms with Crippen LogP contribution in [0.15, 0.2) is 224 Å². The van der Waals surface area contributed by atoms with Gasteiger partial charge in [0.15, 0.2) is 29.0 Å². The van der Waals surface area contributed by atoms with Gasteiger partial charge < -0.3 is 14.2 Å². The highest BCUT2D eigenvalue weighted by atomic mass is 16.5. The van der Waals surface area contributed by atoms with Crippen LogP contribution in [0.2, 0.25) is 0 Å². The first-order valence-corrected chi connectivity index (χ1v) is 21.1. The molecule has 2 aromatic heterocycles. The van der Waals surface area contributed by atoms with Gasteiger partial charge in [-0.25, -0.2) is 15.0 Å². The summed E-state index contributed by atoms with van der Waals surface area (Å²) >= 11 is 0. The Kier molecular flexibility index (Phi) is 8.71. The summed E-state index contributed by atoms with van der Waals surface area (Å²) in [6.07, 6.45) is 0. The van der Waals surface area contributed by atoms with E-state index in [-0.39, 0.29) is 0 Å². The summed E-state index contributed by atoms with van der Waals surface area (Å²) < 4.78 is 8.99. The van der Waals surface area contributed by atoms with Crippen molar-refractivity contribution in [3.05, 3.63) is 224 Å². The summed E-state index contributed by atoms with van der Waals surface area (Å²) in [6.45, 7) is 0. The molecule has 0 saturated heterocycles. The lowest BCUT2D eigenvalue weighted by Crippen LogP contribution is -2.15. The highest BCUT2D eigenvalue weighted by Crippen LogP contribution is 2.51. The van der Waals surface area contributed by atoms with Crippen LogP contribution < -0.4 is 9.64 Å². The van der Waals surface area contributed by atoms with Gasteiger partial charge in [0, 0.05) is 38.8 Å². The smallest absolute Gasteiger partial charge is 0.164 e. The minimum Gasteiger partial charge on any atom is -0.453 e. The number of hydrogen-bond acceptors (Lipinski definition) is 5. The van der Waals surface area contributed by atoms with Crippen LogP contribution in [0.1, 0.15) is 0 Å². The van der Waals surface area contributed by atoms with Crippen LogP contribution in [-0.2, 0) is 0 Å². The van der Waals surface area contributed by atoms with E-state index in [4.69, 9.17) is 19.7 Å². The second kappa shape index (κ2) is 15.1. The molecule has 63 heavy (non-hydrogen) atoms. The van der Waals surface area contributed by atoms with Crippen molar-refractivity contribution in [3.63, 3.8) is 0 Å². The van der Waals surface area contributed by atoms with Crippen LogP contribution in [0.25, 0.3) is 83.9 Å². The van der Waals surface area contributed by atoms with Gasteiger partial charge in [0.05, 0.1) is 22.4 Å². The highest BCUT2D eigenvalue weighted by Gasteiger charge is 2.26. The molecular formula is C57H37N5O. The van der Waals surface area contributed by atoms with Crippen LogP contribution >= 0.6 is 0 Å². The van der Waals surface area contributed by atoms with Gasteiger partial charge in [-0.2, -0.15) is 0 Å². The average Bonchev–Trinajstić information content (AvgIpc) is 3.70. The van der Waals surface area contributed by atoms with E-state index in [0.29, 0.717) is 17.5 Å². The van der Waals surface area contributed by atoms with Crippen molar-refractivity contribution in [1.29, 1.82) is 0 Å². The van der Waals surface area contributed by atoms with E-state index in [0.717, 1.165) is 78.5 Å². The number of ether oxygens (including phenoxy) is 1. The molecule has 9 aromatic carbocycles. The Hall–Kier alpha value is -8.61. The molecule has 0 fully saturated rings. The molecule has 3 heterocycles. The largest absolute Gasteiger partial charge is 0.453 e. The highest BCUT2D eigenvalue weighted by molar-refractivity contribution is 6.10. The van der Waals surface area contributed by atoms with E-state index in [9.17, 15) is 0 Å². The number of nitrogens with zero attached hydrogens (tertiary/aromatic N) is 5. The molecule has 1 aliphatic rings. The van der Waals surface area contributed by atoms with E-state index < -0.39 is 0 Å². The van der Waals surface area contributed by atoms with Gasteiger partial charge in [0.25, 0.3) is 0 Å². The first kappa shape index (κ1) is 36.3. The molecule has 296 valence electrons. The Morgan fingerprint density at radius 2 is 0.825 bits per heavy atom. The van der Waals surface area contributed by atoms with Crippen molar-refractivity contribution in [2.75, 3.05) is 4.90 Å². The molecule has 1 aliphatic heterocycles. The van der Waals surface area contributed by atoms with Crippen molar-refractivity contribution >= 4 is 38.9 Å². The van der Waals surface area contributed by atoms with Gasteiger partial charge in [0.2, 0.25) is 0 Å². The molecule has 0 aliphatic carbocycles. The van der Waals surface area contributed by atoms with Gasteiger partial charge in [-0.05, 0) is 89.0 Å². The lowest BCUT2D eigenvalue weighted by molar-refractivity contribution is 0.477. The number of para-hydroxylation sites is 3. The van der Waals surface area contributed by atoms with Crippen molar-refractivity contribution in [2.24, 2.45) is 0 Å². The summed E-state index contributed by atoms with van der Waals surface area (Å²) in [6, 6.07) is 78.1. The van der Waals surface area contributed by atoms with Crippen LogP contribution in [0, 0.1) is 0 Å². The number of fused-ring (bicyclic) bond motifs is 5. The maximum Gasteiger partial charge on any atom is 0.164 e. The summed E-state index contributed by atoms with van der Waals surface area (Å²) in [5.41, 5.74) is 13.7. The van der Waals surface area contributed by atoms with Gasteiger partial charge in [-0.1, -0.05) is 158 Å². The summed E-state index contributed by atoms with van der Waals surface area (Å²) in [5, 5.41) is 2.33. The predicted molar refractivity (Wildman–Crippen MR) is 256 cm³/mol. The molecular weight excluding hydrogens is 771 g/mol. The number of anilines is 3. The number of rotatable bonds is 7. The second-order valence-electron chi connectivity index (χ2n) is 15.7. The standard InChI is InChI=1S/C57H37N5O/c1-4-15-38(16-5-1)39-27-31-45(32-28-39)61-51-25-12-13-26-53(51)63-54-37-43(30-34-52(54)61)42-29-33-50-48(36-42)47-23-10-11-24-49(47)62(50)46-22-14-21-44(35-46)57-59-55(40-17-6-2-7-18-40)58-56(60-57)41-19-8-3-9-20-41/h1-37H. The van der Waals surface area contributed by atoms with Crippen LogP contribution in [0.3, 0.4) is 0 Å². The fraction of sp³-hybridized carbons (Fsp3) is 0. The predicted octanol–water partition coefficient (Wildman–Crippen LogP) is 14.9. The molecule has 6 heteroatoms. The van der Waals surface area contributed by atoms with Crippen molar-refractivity contribution in [3.8, 4) is 73.6 Å². The summed E-state index contributed by atoms with van der Waals surface area (Å²) in [5.74, 6) is 3.52. The molecule has 0 unspecified atom stereocenters. The Labute approximate surface area is 364 Å². The van der Waals surface area contributed by atoms with Crippen LogP contribution in [0.5, 0.6) is 11.5 Å². The van der Waals surface area contributed by atoms with Crippen LogP contribution in [-0.4, -0.2) is 19.5 Å². The van der Waals surface area contributed by atoms with Crippen molar-refractivity contribution in [2.45, 2.75) is 0 Å². The van der Waals surface area contributed by atoms with Gasteiger partial charge in [-0.15, -0.1) is 0 Å². The third-order valence-electron chi connectivity index (χ3n) is 11.8. The minimum atomic E-state index is 0.618. The lowest BCUT2D eigenvalue weighted by Gasteiger charge is -2.33. The molecule has 12 rings (SSSR count). The zero-order chi connectivity index (χ0) is 41.7. The first-order chi connectivity index (χ1) is 31.2. The Balaban J connectivity index is 0.933. The molecule has 11 aromatic rings. The number of hydrogen-bond donors (Lipinski definition) is 0. The SMILES string of the molecule is c1ccc(-c2ccc(N3c4ccccc4Oc4cc(-c5ccc6c(c5)c5ccccc5n6-c5cccc(-c6nc(-c7ccccc7)nc(-c7ccccc7)n6)c5)ccc43)cc2)cc1. The molecule has 0 amide bonds.